The van der Waals surface area contributed by atoms with Crippen molar-refractivity contribution < 1.29 is 22.0 Å². The third kappa shape index (κ3) is 5.24. The van der Waals surface area contributed by atoms with Crippen molar-refractivity contribution in [3.05, 3.63) is 41.7 Å². The van der Waals surface area contributed by atoms with Gasteiger partial charge in [0, 0.05) is 29.8 Å². The molecule has 0 spiro atoms. The Bertz CT molecular complexity index is 1010. The average molecular weight is 442 g/mol. The van der Waals surface area contributed by atoms with E-state index < -0.39 is 34.0 Å². The third-order valence-corrected chi connectivity index (χ3v) is 6.49. The fourth-order valence-electron chi connectivity index (χ4n) is 3.14. The zero-order valence-corrected chi connectivity index (χ0v) is 17.6. The Morgan fingerprint density at radius 2 is 1.86 bits per heavy atom. The van der Waals surface area contributed by atoms with E-state index in [0.717, 1.165) is 17.8 Å². The third-order valence-electron chi connectivity index (χ3n) is 4.69. The highest BCUT2D eigenvalue weighted by molar-refractivity contribution is 7.90. The zero-order valence-electron chi connectivity index (χ0n) is 15.9. The molecule has 1 fully saturated rings. The van der Waals surface area contributed by atoms with Crippen molar-refractivity contribution in [2.75, 3.05) is 11.6 Å². The summed E-state index contributed by atoms with van der Waals surface area (Å²) in [4.78, 5) is 17.2. The smallest absolute Gasteiger partial charge is 0.257 e. The molecular weight excluding hydrogens is 420 g/mol. The molecule has 0 saturated heterocycles. The van der Waals surface area contributed by atoms with Gasteiger partial charge in [-0.2, -0.15) is 4.37 Å². The second-order valence-corrected chi connectivity index (χ2v) is 9.73. The minimum absolute atomic E-state index is 0.00183. The number of sulfone groups is 1. The number of halogens is 2. The van der Waals surface area contributed by atoms with Crippen LogP contribution in [0.1, 0.15) is 31.2 Å². The highest BCUT2D eigenvalue weighted by atomic mass is 32.2. The van der Waals surface area contributed by atoms with Crippen molar-refractivity contribution in [3.8, 4) is 0 Å². The number of benzene rings is 1. The maximum atomic E-state index is 13.6. The number of anilines is 1. The van der Waals surface area contributed by atoms with E-state index in [-0.39, 0.29) is 23.3 Å². The molecule has 10 heteroatoms. The van der Waals surface area contributed by atoms with Crippen molar-refractivity contribution >= 4 is 38.0 Å². The first-order valence-electron chi connectivity index (χ1n) is 9.11. The average Bonchev–Trinajstić information content (AvgIpc) is 3.25. The molecule has 1 saturated carbocycles. The van der Waals surface area contributed by atoms with Crippen LogP contribution in [0.5, 0.6) is 0 Å². The van der Waals surface area contributed by atoms with E-state index in [1.165, 1.54) is 24.3 Å². The van der Waals surface area contributed by atoms with E-state index >= 15 is 0 Å². The summed E-state index contributed by atoms with van der Waals surface area (Å²) >= 11 is 1.04. The fraction of sp³-hybridized carbons (Fsp3) is 0.421. The Morgan fingerprint density at radius 3 is 2.38 bits per heavy atom. The number of allylic oxidation sites excluding steroid dienone is 1. The number of hydrogen-bond donors (Lipinski definition) is 1. The number of aryl methyl sites for hydroxylation is 1. The normalized spacial score (nSPS) is 22.6. The molecule has 1 N–H and O–H groups in total. The number of carbonyl (C=O) groups excluding carboxylic acids is 1. The summed E-state index contributed by atoms with van der Waals surface area (Å²) in [5, 5.41) is 2.99. The number of rotatable bonds is 6. The molecule has 2 aromatic rings. The second kappa shape index (κ2) is 8.66. The van der Waals surface area contributed by atoms with Crippen molar-refractivity contribution in [1.82, 2.24) is 9.36 Å². The molecule has 156 valence electrons. The maximum Gasteiger partial charge on any atom is 0.257 e. The van der Waals surface area contributed by atoms with Crippen molar-refractivity contribution in [2.24, 2.45) is 5.92 Å². The van der Waals surface area contributed by atoms with Crippen LogP contribution in [0.15, 0.2) is 35.2 Å². The number of nitrogens with zero attached hydrogens (tertiary/aromatic N) is 2. The SMILES string of the molecule is CCc1nsc(NC(=O)/C(=C/C2CC(F)C(F)C2)c2ccc(S(C)(=O)=O)cc2)n1. The number of aromatic nitrogens is 2. The van der Waals surface area contributed by atoms with Gasteiger partial charge in [0.2, 0.25) is 5.13 Å². The van der Waals surface area contributed by atoms with Gasteiger partial charge in [-0.1, -0.05) is 25.1 Å². The van der Waals surface area contributed by atoms with E-state index in [9.17, 15) is 22.0 Å². The molecule has 2 atom stereocenters. The van der Waals surface area contributed by atoms with Crippen molar-refractivity contribution in [3.63, 3.8) is 0 Å². The first kappa shape index (κ1) is 21.5. The molecule has 6 nitrogen and oxygen atoms in total. The molecule has 1 amide bonds. The second-order valence-electron chi connectivity index (χ2n) is 6.96. The Hall–Kier alpha value is -2.20. The lowest BCUT2D eigenvalue weighted by molar-refractivity contribution is -0.111. The number of carbonyl (C=O) groups is 1. The fourth-order valence-corrected chi connectivity index (χ4v) is 4.42. The molecule has 29 heavy (non-hydrogen) atoms. The van der Waals surface area contributed by atoms with Gasteiger partial charge >= 0.3 is 0 Å². The lowest BCUT2D eigenvalue weighted by Crippen LogP contribution is -2.15. The lowest BCUT2D eigenvalue weighted by atomic mass is 9.98. The standard InChI is InChI=1S/C19H21F2N3O3S2/c1-3-17-22-19(28-24-17)23-18(25)14(8-11-9-15(20)16(21)10-11)12-4-6-13(7-5-12)29(2,26)27/h4-8,11,15-16H,3,9-10H2,1-2H3,(H,22,23,24,25)/b14-8+. The van der Waals surface area contributed by atoms with E-state index in [1.807, 2.05) is 6.92 Å². The van der Waals surface area contributed by atoms with Gasteiger partial charge in [-0.3, -0.25) is 10.1 Å². The first-order chi connectivity index (χ1) is 13.7. The van der Waals surface area contributed by atoms with Gasteiger partial charge in [-0.25, -0.2) is 22.2 Å². The van der Waals surface area contributed by atoms with Crippen LogP contribution in [0.4, 0.5) is 13.9 Å². The van der Waals surface area contributed by atoms with Crippen LogP contribution in [0, 0.1) is 5.92 Å². The van der Waals surface area contributed by atoms with Crippen LogP contribution < -0.4 is 5.32 Å². The Balaban J connectivity index is 1.91. The predicted octanol–water partition coefficient (Wildman–Crippen LogP) is 3.61. The Morgan fingerprint density at radius 1 is 1.24 bits per heavy atom. The quantitative estimate of drug-likeness (QED) is 0.692. The van der Waals surface area contributed by atoms with Gasteiger partial charge in [-0.05, 0) is 36.5 Å². The highest BCUT2D eigenvalue weighted by Gasteiger charge is 2.34. The van der Waals surface area contributed by atoms with Gasteiger partial charge in [0.15, 0.2) is 9.84 Å². The van der Waals surface area contributed by atoms with Gasteiger partial charge in [0.05, 0.1) is 4.90 Å². The highest BCUT2D eigenvalue weighted by Crippen LogP contribution is 2.34. The van der Waals surface area contributed by atoms with Gasteiger partial charge in [-0.15, -0.1) is 0 Å². The van der Waals surface area contributed by atoms with Crippen LogP contribution in [0.3, 0.4) is 0 Å². The van der Waals surface area contributed by atoms with Crippen molar-refractivity contribution in [1.29, 1.82) is 0 Å². The Kier molecular flexibility index (Phi) is 6.42. The molecule has 0 bridgehead atoms. The molecule has 1 aliphatic rings. The van der Waals surface area contributed by atoms with E-state index in [2.05, 4.69) is 14.7 Å². The number of alkyl halides is 2. The number of nitrogens with one attached hydrogen (secondary N) is 1. The molecule has 1 heterocycles. The lowest BCUT2D eigenvalue weighted by Gasteiger charge is -2.11. The molecule has 1 aromatic carbocycles. The van der Waals surface area contributed by atoms with E-state index in [0.29, 0.717) is 22.9 Å². The topological polar surface area (TPSA) is 89.0 Å². The van der Waals surface area contributed by atoms with Gasteiger partial charge in [0.25, 0.3) is 5.91 Å². The Labute approximate surface area is 172 Å². The van der Waals surface area contributed by atoms with Crippen LogP contribution in [-0.4, -0.2) is 42.3 Å². The minimum Gasteiger partial charge on any atom is -0.297 e. The summed E-state index contributed by atoms with van der Waals surface area (Å²) in [5.74, 6) is -0.325. The summed E-state index contributed by atoms with van der Waals surface area (Å²) < 4.78 is 54.7. The van der Waals surface area contributed by atoms with Gasteiger partial charge < -0.3 is 0 Å². The largest absolute Gasteiger partial charge is 0.297 e. The molecule has 1 aliphatic carbocycles. The molecule has 1 aromatic heterocycles. The molecule has 0 aliphatic heterocycles. The summed E-state index contributed by atoms with van der Waals surface area (Å²) in [6, 6.07) is 5.81. The molecule has 3 rings (SSSR count). The first-order valence-corrected chi connectivity index (χ1v) is 11.8. The summed E-state index contributed by atoms with van der Waals surface area (Å²) in [6.45, 7) is 1.89. The van der Waals surface area contributed by atoms with Crippen LogP contribution >= 0.6 is 11.5 Å². The molecule has 2 unspecified atom stereocenters. The summed E-state index contributed by atoms with van der Waals surface area (Å²) in [6.07, 6.45) is 0.162. The monoisotopic (exact) mass is 441 g/mol. The minimum atomic E-state index is -3.39. The van der Waals surface area contributed by atoms with Crippen LogP contribution in [0.25, 0.3) is 5.57 Å². The van der Waals surface area contributed by atoms with E-state index in [4.69, 9.17) is 0 Å². The summed E-state index contributed by atoms with van der Waals surface area (Å²) in [7, 11) is -3.39. The number of amides is 1. The maximum absolute atomic E-state index is 13.6. The van der Waals surface area contributed by atoms with E-state index in [1.54, 1.807) is 6.08 Å². The van der Waals surface area contributed by atoms with Crippen LogP contribution in [0.2, 0.25) is 0 Å². The van der Waals surface area contributed by atoms with Crippen LogP contribution in [-0.2, 0) is 21.1 Å². The predicted molar refractivity (Wildman–Crippen MR) is 108 cm³/mol. The number of hydrogen-bond acceptors (Lipinski definition) is 6. The summed E-state index contributed by atoms with van der Waals surface area (Å²) in [5.41, 5.74) is 0.664. The molecule has 0 radical (unpaired) electrons. The molecular formula is C19H21F2N3O3S2. The van der Waals surface area contributed by atoms with Gasteiger partial charge in [0.1, 0.15) is 18.2 Å². The zero-order chi connectivity index (χ0) is 21.2. The van der Waals surface area contributed by atoms with Crippen molar-refractivity contribution in [2.45, 2.75) is 43.4 Å².